The molecule has 4 rings (SSSR count). The number of fused-ring (bicyclic) bond motifs is 2. The highest BCUT2D eigenvalue weighted by molar-refractivity contribution is 5.74. The Morgan fingerprint density at radius 3 is 2.17 bits per heavy atom. The Kier molecular flexibility index (Phi) is 5.92. The predicted octanol–water partition coefficient (Wildman–Crippen LogP) is 4.14. The maximum Gasteiger partial charge on any atom is 0.313 e. The van der Waals surface area contributed by atoms with Gasteiger partial charge in [0.05, 0.1) is 18.6 Å². The Morgan fingerprint density at radius 2 is 1.62 bits per heavy atom. The average molecular weight is 401 g/mol. The minimum atomic E-state index is -0.532. The molecular weight excluding hydrogens is 376 g/mol. The van der Waals surface area contributed by atoms with Crippen LogP contribution in [0.1, 0.15) is 43.4 Å². The van der Waals surface area contributed by atoms with Crippen LogP contribution >= 0.6 is 0 Å². The number of hydrogen-bond donors (Lipinski definition) is 1. The molecule has 2 bridgehead atoms. The van der Waals surface area contributed by atoms with E-state index in [4.69, 9.17) is 9.47 Å². The van der Waals surface area contributed by atoms with Crippen molar-refractivity contribution in [2.45, 2.75) is 50.5 Å². The molecular formula is C23H25F2NO3. The van der Waals surface area contributed by atoms with Gasteiger partial charge in [0.2, 0.25) is 0 Å². The largest absolute Gasteiger partial charge is 0.466 e. The Balaban J connectivity index is 1.65. The van der Waals surface area contributed by atoms with E-state index in [0.717, 1.165) is 24.0 Å². The van der Waals surface area contributed by atoms with E-state index in [0.29, 0.717) is 19.1 Å². The van der Waals surface area contributed by atoms with Gasteiger partial charge in [-0.1, -0.05) is 24.3 Å². The van der Waals surface area contributed by atoms with Crippen molar-refractivity contribution in [2.75, 3.05) is 6.61 Å². The highest BCUT2D eigenvalue weighted by Crippen LogP contribution is 2.38. The summed E-state index contributed by atoms with van der Waals surface area (Å²) in [5.74, 6) is -1.34. The van der Waals surface area contributed by atoms with Gasteiger partial charge in [-0.3, -0.25) is 4.79 Å². The Hall–Kier alpha value is -2.31. The van der Waals surface area contributed by atoms with E-state index in [1.54, 1.807) is 31.2 Å². The van der Waals surface area contributed by atoms with E-state index in [9.17, 15) is 13.6 Å². The number of piperidine rings is 1. The maximum absolute atomic E-state index is 13.5. The van der Waals surface area contributed by atoms with Crippen molar-refractivity contribution in [2.24, 2.45) is 5.92 Å². The second-order valence-electron chi connectivity index (χ2n) is 7.72. The van der Waals surface area contributed by atoms with Crippen molar-refractivity contribution in [3.63, 3.8) is 0 Å². The molecule has 4 atom stereocenters. The van der Waals surface area contributed by atoms with Crippen LogP contribution in [0.3, 0.4) is 0 Å². The number of halogens is 2. The lowest BCUT2D eigenvalue weighted by atomic mass is 9.88. The summed E-state index contributed by atoms with van der Waals surface area (Å²) >= 11 is 0. The first-order chi connectivity index (χ1) is 14.0. The Bertz CT molecular complexity index is 795. The molecule has 2 saturated heterocycles. The molecule has 2 aliphatic heterocycles. The molecule has 0 amide bonds. The van der Waals surface area contributed by atoms with Crippen LogP contribution in [0, 0.1) is 17.6 Å². The summed E-state index contributed by atoms with van der Waals surface area (Å²) in [6, 6.07) is 12.5. The summed E-state index contributed by atoms with van der Waals surface area (Å²) in [5.41, 5.74) is 1.51. The second kappa shape index (κ2) is 8.59. The predicted molar refractivity (Wildman–Crippen MR) is 104 cm³/mol. The summed E-state index contributed by atoms with van der Waals surface area (Å²) in [6.45, 7) is 2.11. The Labute approximate surface area is 169 Å². The van der Waals surface area contributed by atoms with Crippen molar-refractivity contribution >= 4 is 5.97 Å². The van der Waals surface area contributed by atoms with Gasteiger partial charge in [0, 0.05) is 12.1 Å². The Morgan fingerprint density at radius 1 is 1.03 bits per heavy atom. The molecule has 2 fully saturated rings. The van der Waals surface area contributed by atoms with Gasteiger partial charge in [0.1, 0.15) is 17.7 Å². The first-order valence-corrected chi connectivity index (χ1v) is 10.1. The zero-order valence-corrected chi connectivity index (χ0v) is 16.3. The van der Waals surface area contributed by atoms with Crippen LogP contribution in [0.25, 0.3) is 0 Å². The van der Waals surface area contributed by atoms with Gasteiger partial charge in [-0.15, -0.1) is 0 Å². The van der Waals surface area contributed by atoms with Crippen LogP contribution in [0.2, 0.25) is 0 Å². The fourth-order valence-electron chi connectivity index (χ4n) is 4.50. The molecule has 0 saturated carbocycles. The number of esters is 1. The number of hydrogen-bond acceptors (Lipinski definition) is 4. The number of benzene rings is 2. The van der Waals surface area contributed by atoms with Crippen LogP contribution in [-0.4, -0.2) is 30.8 Å². The average Bonchev–Trinajstić information content (AvgIpc) is 3.09. The first-order valence-electron chi connectivity index (χ1n) is 10.1. The highest BCUT2D eigenvalue weighted by Gasteiger charge is 2.47. The number of ether oxygens (including phenoxy) is 2. The molecule has 29 heavy (non-hydrogen) atoms. The molecule has 1 N–H and O–H groups in total. The monoisotopic (exact) mass is 401 g/mol. The molecule has 2 heterocycles. The highest BCUT2D eigenvalue weighted by atomic mass is 19.1. The van der Waals surface area contributed by atoms with Crippen molar-refractivity contribution in [1.29, 1.82) is 0 Å². The number of rotatable bonds is 6. The topological polar surface area (TPSA) is 47.6 Å². The van der Waals surface area contributed by atoms with Crippen LogP contribution in [0.15, 0.2) is 48.5 Å². The lowest BCUT2D eigenvalue weighted by molar-refractivity contribution is -0.159. The molecule has 0 spiro atoms. The van der Waals surface area contributed by atoms with E-state index in [-0.39, 0.29) is 29.7 Å². The summed E-state index contributed by atoms with van der Waals surface area (Å²) < 4.78 is 38.8. The zero-order valence-electron chi connectivity index (χ0n) is 16.3. The normalized spacial score (nSPS) is 25.9. The van der Waals surface area contributed by atoms with E-state index >= 15 is 0 Å². The van der Waals surface area contributed by atoms with Gasteiger partial charge in [-0.2, -0.15) is 0 Å². The van der Waals surface area contributed by atoms with E-state index in [1.807, 2.05) is 0 Å². The third kappa shape index (κ3) is 4.33. The van der Waals surface area contributed by atoms with Crippen molar-refractivity contribution in [3.8, 4) is 0 Å². The minimum Gasteiger partial charge on any atom is -0.466 e. The molecule has 0 radical (unpaired) electrons. The van der Waals surface area contributed by atoms with E-state index in [1.165, 1.54) is 24.3 Å². The summed E-state index contributed by atoms with van der Waals surface area (Å²) in [5, 5.41) is 3.50. The summed E-state index contributed by atoms with van der Waals surface area (Å²) in [6.07, 6.45) is 1.73. The number of carbonyl (C=O) groups excluding carboxylic acids is 1. The summed E-state index contributed by atoms with van der Waals surface area (Å²) in [4.78, 5) is 12.7. The fraction of sp³-hybridized carbons (Fsp3) is 0.435. The minimum absolute atomic E-state index is 0.0277. The third-order valence-corrected chi connectivity index (χ3v) is 5.84. The lowest BCUT2D eigenvalue weighted by Crippen LogP contribution is -2.52. The molecule has 0 aromatic heterocycles. The third-order valence-electron chi connectivity index (χ3n) is 5.84. The zero-order chi connectivity index (χ0) is 20.4. The molecule has 4 nitrogen and oxygen atoms in total. The molecule has 154 valence electrons. The van der Waals surface area contributed by atoms with E-state index < -0.39 is 12.0 Å². The van der Waals surface area contributed by atoms with E-state index in [2.05, 4.69) is 5.32 Å². The van der Waals surface area contributed by atoms with Crippen molar-refractivity contribution < 1.29 is 23.0 Å². The molecule has 0 aliphatic carbocycles. The standard InChI is InChI=1S/C23H25F2NO3/c1-2-28-23(27)21-19-12-11-18(26-19)13-20(21)29-22(14-3-7-16(24)8-4-14)15-5-9-17(25)10-6-15/h3-10,18-22,26H,2,11-13H2,1H3/t18-,19+,20+,21+/m1/s1. The van der Waals surface area contributed by atoms with Crippen LogP contribution in [-0.2, 0) is 14.3 Å². The fourth-order valence-corrected chi connectivity index (χ4v) is 4.50. The molecule has 2 aliphatic rings. The van der Waals surface area contributed by atoms with Gasteiger partial charge in [0.25, 0.3) is 0 Å². The van der Waals surface area contributed by atoms with Gasteiger partial charge in [-0.25, -0.2) is 8.78 Å². The lowest BCUT2D eigenvalue weighted by Gasteiger charge is -2.38. The summed E-state index contributed by atoms with van der Waals surface area (Å²) in [7, 11) is 0. The number of nitrogens with one attached hydrogen (secondary N) is 1. The quantitative estimate of drug-likeness (QED) is 0.739. The molecule has 2 aromatic rings. The smallest absolute Gasteiger partial charge is 0.313 e. The van der Waals surface area contributed by atoms with Crippen LogP contribution in [0.5, 0.6) is 0 Å². The second-order valence-corrected chi connectivity index (χ2v) is 7.72. The van der Waals surface area contributed by atoms with Gasteiger partial charge in [-0.05, 0) is 61.6 Å². The van der Waals surface area contributed by atoms with Gasteiger partial charge in [0.15, 0.2) is 0 Å². The number of carbonyl (C=O) groups is 1. The van der Waals surface area contributed by atoms with Crippen molar-refractivity contribution in [1.82, 2.24) is 5.32 Å². The van der Waals surface area contributed by atoms with Crippen LogP contribution < -0.4 is 5.32 Å². The first kappa shape index (κ1) is 20.0. The molecule has 6 heteroatoms. The SMILES string of the molecule is CCOC(=O)[C@H]1[C@@H]2CC[C@H](C[C@@H]1OC(c1ccc(F)cc1)c1ccc(F)cc1)N2. The van der Waals surface area contributed by atoms with Gasteiger partial charge >= 0.3 is 5.97 Å². The maximum atomic E-state index is 13.5. The van der Waals surface area contributed by atoms with Crippen LogP contribution in [0.4, 0.5) is 8.78 Å². The van der Waals surface area contributed by atoms with Gasteiger partial charge < -0.3 is 14.8 Å². The van der Waals surface area contributed by atoms with Crippen molar-refractivity contribution in [3.05, 3.63) is 71.3 Å². The molecule has 0 unspecified atom stereocenters. The molecule has 2 aromatic carbocycles.